The molecule has 0 bridgehead atoms. The van der Waals surface area contributed by atoms with Gasteiger partial charge in [-0.25, -0.2) is 0 Å². The molecule has 3 saturated heterocycles. The molecule has 3 fully saturated rings. The SMILES string of the molecule is C1CCCNCC1.C1CCCNCC1.C1CNCCN1. The van der Waals surface area contributed by atoms with E-state index in [9.17, 15) is 0 Å². The van der Waals surface area contributed by atoms with Crippen molar-refractivity contribution in [3.8, 4) is 0 Å². The van der Waals surface area contributed by atoms with Gasteiger partial charge in [-0.2, -0.15) is 0 Å². The molecule has 4 N–H and O–H groups in total. The quantitative estimate of drug-likeness (QED) is 0.544. The molecule has 0 amide bonds. The summed E-state index contributed by atoms with van der Waals surface area (Å²) in [7, 11) is 0. The zero-order valence-electron chi connectivity index (χ0n) is 13.3. The molecule has 0 saturated carbocycles. The molecule has 0 aromatic rings. The van der Waals surface area contributed by atoms with Crippen LogP contribution in [0.4, 0.5) is 0 Å². The van der Waals surface area contributed by atoms with Crippen LogP contribution in [-0.4, -0.2) is 52.4 Å². The average Bonchev–Trinajstić information content (AvgIpc) is 3.00. The second kappa shape index (κ2) is 15.2. The van der Waals surface area contributed by atoms with E-state index in [1.54, 1.807) is 0 Å². The smallest absolute Gasteiger partial charge is 0.00772 e. The zero-order chi connectivity index (χ0) is 14.1. The van der Waals surface area contributed by atoms with Crippen molar-refractivity contribution in [1.29, 1.82) is 0 Å². The van der Waals surface area contributed by atoms with E-state index in [4.69, 9.17) is 0 Å². The van der Waals surface area contributed by atoms with Gasteiger partial charge in [0.15, 0.2) is 0 Å². The second-order valence-corrected chi connectivity index (χ2v) is 5.83. The van der Waals surface area contributed by atoms with Gasteiger partial charge >= 0.3 is 0 Å². The van der Waals surface area contributed by atoms with Gasteiger partial charge in [0.05, 0.1) is 0 Å². The van der Waals surface area contributed by atoms with Gasteiger partial charge in [-0.05, 0) is 51.9 Å². The Kier molecular flexibility index (Phi) is 13.6. The summed E-state index contributed by atoms with van der Waals surface area (Å²) in [6.07, 6.45) is 11.3. The number of hydrogen-bond donors (Lipinski definition) is 4. The lowest BCUT2D eigenvalue weighted by atomic mass is 10.2. The fourth-order valence-corrected chi connectivity index (χ4v) is 2.56. The fourth-order valence-electron chi connectivity index (χ4n) is 2.56. The molecule has 0 atom stereocenters. The summed E-state index contributed by atoms with van der Waals surface area (Å²) in [5.41, 5.74) is 0. The highest BCUT2D eigenvalue weighted by atomic mass is 15.0. The summed E-state index contributed by atoms with van der Waals surface area (Å²) < 4.78 is 0. The van der Waals surface area contributed by atoms with E-state index in [1.165, 1.54) is 77.5 Å². The van der Waals surface area contributed by atoms with Crippen LogP contribution in [0.15, 0.2) is 0 Å². The average molecular weight is 284 g/mol. The molecule has 3 rings (SSSR count). The summed E-state index contributed by atoms with van der Waals surface area (Å²) in [5, 5.41) is 13.1. The molecule has 4 nitrogen and oxygen atoms in total. The summed E-state index contributed by atoms with van der Waals surface area (Å²) in [6, 6.07) is 0. The van der Waals surface area contributed by atoms with Gasteiger partial charge in [0.25, 0.3) is 0 Å². The van der Waals surface area contributed by atoms with Crippen LogP contribution in [0.5, 0.6) is 0 Å². The van der Waals surface area contributed by atoms with Gasteiger partial charge < -0.3 is 21.3 Å². The lowest BCUT2D eigenvalue weighted by molar-refractivity contribution is 0.534. The first-order chi connectivity index (χ1) is 10.0. The summed E-state index contributed by atoms with van der Waals surface area (Å²) in [5.74, 6) is 0. The maximum absolute atomic E-state index is 3.35. The highest BCUT2D eigenvalue weighted by Crippen LogP contribution is 2.01. The first kappa shape index (κ1) is 17.9. The van der Waals surface area contributed by atoms with Crippen LogP contribution >= 0.6 is 0 Å². The first-order valence-electron chi connectivity index (χ1n) is 8.83. The molecule has 0 unspecified atom stereocenters. The van der Waals surface area contributed by atoms with E-state index in [0.717, 1.165) is 26.2 Å². The molecule has 0 radical (unpaired) electrons. The molecule has 20 heavy (non-hydrogen) atoms. The molecular formula is C16H36N4. The molecule has 4 heteroatoms. The summed E-state index contributed by atoms with van der Waals surface area (Å²) in [4.78, 5) is 0. The fraction of sp³-hybridized carbons (Fsp3) is 1.00. The maximum Gasteiger partial charge on any atom is 0.00772 e. The number of hydrogen-bond acceptors (Lipinski definition) is 4. The van der Waals surface area contributed by atoms with Crippen molar-refractivity contribution in [3.05, 3.63) is 0 Å². The van der Waals surface area contributed by atoms with Crippen molar-refractivity contribution in [2.75, 3.05) is 52.4 Å². The first-order valence-corrected chi connectivity index (χ1v) is 8.83. The minimum Gasteiger partial charge on any atom is -0.317 e. The Morgan fingerprint density at radius 1 is 0.250 bits per heavy atom. The maximum atomic E-state index is 3.35. The zero-order valence-corrected chi connectivity index (χ0v) is 13.3. The van der Waals surface area contributed by atoms with Crippen LogP contribution in [0.25, 0.3) is 0 Å². The Bertz CT molecular complexity index is 119. The molecule has 0 aliphatic carbocycles. The molecule has 3 heterocycles. The van der Waals surface area contributed by atoms with E-state index in [0.29, 0.717) is 0 Å². The topological polar surface area (TPSA) is 48.1 Å². The summed E-state index contributed by atoms with van der Waals surface area (Å²) >= 11 is 0. The van der Waals surface area contributed by atoms with E-state index >= 15 is 0 Å². The van der Waals surface area contributed by atoms with Crippen LogP contribution < -0.4 is 21.3 Å². The minimum atomic E-state index is 1.14. The lowest BCUT2D eigenvalue weighted by Gasteiger charge is -2.11. The Morgan fingerprint density at radius 3 is 0.750 bits per heavy atom. The molecule has 3 aliphatic heterocycles. The third-order valence-corrected chi connectivity index (χ3v) is 3.87. The number of nitrogens with one attached hydrogen (secondary N) is 4. The van der Waals surface area contributed by atoms with Gasteiger partial charge in [-0.15, -0.1) is 0 Å². The Morgan fingerprint density at radius 2 is 0.500 bits per heavy atom. The molecule has 0 aromatic carbocycles. The van der Waals surface area contributed by atoms with Crippen molar-refractivity contribution in [2.24, 2.45) is 0 Å². The van der Waals surface area contributed by atoms with Crippen molar-refractivity contribution in [1.82, 2.24) is 21.3 Å². The van der Waals surface area contributed by atoms with Crippen molar-refractivity contribution >= 4 is 0 Å². The lowest BCUT2D eigenvalue weighted by Crippen LogP contribution is -2.39. The second-order valence-electron chi connectivity index (χ2n) is 5.83. The Balaban J connectivity index is 0.000000151. The van der Waals surface area contributed by atoms with Crippen LogP contribution in [0.3, 0.4) is 0 Å². The normalized spacial score (nSPS) is 24.0. The Labute approximate surface area is 125 Å². The predicted molar refractivity (Wildman–Crippen MR) is 88.4 cm³/mol. The van der Waals surface area contributed by atoms with Gasteiger partial charge in [0, 0.05) is 26.2 Å². The Hall–Kier alpha value is -0.160. The highest BCUT2D eigenvalue weighted by Gasteiger charge is 1.94. The molecule has 3 aliphatic rings. The molecule has 0 aromatic heterocycles. The third kappa shape index (κ3) is 12.9. The van der Waals surface area contributed by atoms with Crippen LogP contribution in [0, 0.1) is 0 Å². The standard InChI is InChI=1S/2C6H13N.C4H10N2/c2*1-2-4-6-7-5-3-1;1-2-6-4-3-5-1/h2*7H,1-6H2;5-6H,1-4H2. The van der Waals surface area contributed by atoms with Gasteiger partial charge in [-0.3, -0.25) is 0 Å². The van der Waals surface area contributed by atoms with E-state index in [1.807, 2.05) is 0 Å². The van der Waals surface area contributed by atoms with Gasteiger partial charge in [0.2, 0.25) is 0 Å². The van der Waals surface area contributed by atoms with Gasteiger partial charge in [0.1, 0.15) is 0 Å². The number of rotatable bonds is 0. The largest absolute Gasteiger partial charge is 0.317 e. The van der Waals surface area contributed by atoms with Crippen molar-refractivity contribution in [3.63, 3.8) is 0 Å². The molecular weight excluding hydrogens is 248 g/mol. The van der Waals surface area contributed by atoms with E-state index in [2.05, 4.69) is 21.3 Å². The van der Waals surface area contributed by atoms with Gasteiger partial charge in [-0.1, -0.05) is 25.7 Å². The molecule has 120 valence electrons. The van der Waals surface area contributed by atoms with Crippen molar-refractivity contribution in [2.45, 2.75) is 51.4 Å². The number of piperazine rings is 1. The van der Waals surface area contributed by atoms with E-state index in [-0.39, 0.29) is 0 Å². The third-order valence-electron chi connectivity index (χ3n) is 3.87. The predicted octanol–water partition coefficient (Wildman–Crippen LogP) is 1.48. The molecule has 0 spiro atoms. The summed E-state index contributed by atoms with van der Waals surface area (Å²) in [6.45, 7) is 9.56. The van der Waals surface area contributed by atoms with Crippen LogP contribution in [0.2, 0.25) is 0 Å². The monoisotopic (exact) mass is 284 g/mol. The van der Waals surface area contributed by atoms with E-state index < -0.39 is 0 Å². The minimum absolute atomic E-state index is 1.14. The van der Waals surface area contributed by atoms with Crippen LogP contribution in [0.1, 0.15) is 51.4 Å². The van der Waals surface area contributed by atoms with Crippen molar-refractivity contribution < 1.29 is 0 Å². The van der Waals surface area contributed by atoms with Crippen LogP contribution in [-0.2, 0) is 0 Å². The highest BCUT2D eigenvalue weighted by molar-refractivity contribution is 4.59.